The Morgan fingerprint density at radius 2 is 2.03 bits per heavy atom. The van der Waals surface area contributed by atoms with Gasteiger partial charge in [0.25, 0.3) is 0 Å². The van der Waals surface area contributed by atoms with E-state index in [0.717, 1.165) is 10.2 Å². The van der Waals surface area contributed by atoms with Gasteiger partial charge in [0, 0.05) is 25.1 Å². The summed E-state index contributed by atoms with van der Waals surface area (Å²) >= 11 is 7.35. The molecule has 33 heavy (non-hydrogen) atoms. The zero-order valence-electron chi connectivity index (χ0n) is 17.5. The first kappa shape index (κ1) is 20.7. The molecule has 5 heterocycles. The number of halogens is 1. The Hall–Kier alpha value is -2.85. The van der Waals surface area contributed by atoms with E-state index in [2.05, 4.69) is 9.97 Å². The van der Waals surface area contributed by atoms with Crippen LogP contribution >= 0.6 is 22.9 Å². The minimum Gasteiger partial charge on any atom is -0.494 e. The minimum atomic E-state index is -1.14. The number of ether oxygens (including phenoxy) is 2. The molecule has 2 bridgehead atoms. The largest absolute Gasteiger partial charge is 0.494 e. The fourth-order valence-electron chi connectivity index (χ4n) is 5.12. The van der Waals surface area contributed by atoms with Crippen LogP contribution in [0.4, 0.5) is 0 Å². The number of benzene rings is 1. The quantitative estimate of drug-likeness (QED) is 0.388. The fourth-order valence-corrected chi connectivity index (χ4v) is 5.94. The normalized spacial score (nSPS) is 25.6. The molecule has 0 aliphatic carbocycles. The number of pyridine rings is 1. The molecule has 0 unspecified atom stereocenters. The highest BCUT2D eigenvalue weighted by Gasteiger charge is 2.66. The second-order valence-electron chi connectivity index (χ2n) is 8.57. The highest BCUT2D eigenvalue weighted by molar-refractivity contribution is 7.16. The Morgan fingerprint density at radius 3 is 2.82 bits per heavy atom. The molecule has 2 aliphatic rings. The van der Waals surface area contributed by atoms with Gasteiger partial charge >= 0.3 is 0 Å². The maximum atomic E-state index is 11.3. The summed E-state index contributed by atoms with van der Waals surface area (Å²) in [5.41, 5.74) is 1.95. The van der Waals surface area contributed by atoms with Crippen molar-refractivity contribution in [3.63, 3.8) is 0 Å². The number of nitrogens with zero attached hydrogens (tertiary/aromatic N) is 3. The first-order valence-electron chi connectivity index (χ1n) is 10.5. The van der Waals surface area contributed by atoms with Gasteiger partial charge in [-0.3, -0.25) is 4.57 Å². The smallest absolute Gasteiger partial charge is 0.213 e. The third-order valence-electron chi connectivity index (χ3n) is 6.67. The summed E-state index contributed by atoms with van der Waals surface area (Å²) in [5.74, 6) is 0.166. The SMILES string of the molecule is C[C@@]12O[C@@](CCOc3ccc(Cl)cn3)(C[C@H]1O)c1c2c(O)n(-c2ccc3ncsc3c2)c1O. The molecular weight excluding hydrogens is 466 g/mol. The lowest BCUT2D eigenvalue weighted by Crippen LogP contribution is -2.33. The molecule has 8 nitrogen and oxygen atoms in total. The predicted molar refractivity (Wildman–Crippen MR) is 122 cm³/mol. The molecule has 0 spiro atoms. The van der Waals surface area contributed by atoms with Gasteiger partial charge in [-0.2, -0.15) is 0 Å². The molecule has 10 heteroatoms. The van der Waals surface area contributed by atoms with Crippen molar-refractivity contribution in [1.82, 2.24) is 14.5 Å². The molecule has 4 aromatic rings. The molecule has 0 radical (unpaired) electrons. The molecule has 3 N–H and O–H groups in total. The van der Waals surface area contributed by atoms with Crippen LogP contribution in [0.1, 0.15) is 30.9 Å². The summed E-state index contributed by atoms with van der Waals surface area (Å²) < 4.78 is 14.4. The predicted octanol–water partition coefficient (Wildman–Crippen LogP) is 4.22. The fraction of sp³-hybridized carbons (Fsp3) is 0.304. The van der Waals surface area contributed by atoms with Gasteiger partial charge in [0.05, 0.1) is 50.3 Å². The Kier molecular flexibility index (Phi) is 4.44. The number of thiazole rings is 1. The second-order valence-corrected chi connectivity index (χ2v) is 9.90. The van der Waals surface area contributed by atoms with Crippen molar-refractivity contribution >= 4 is 33.2 Å². The third kappa shape index (κ3) is 2.90. The van der Waals surface area contributed by atoms with Gasteiger partial charge in [-0.05, 0) is 31.2 Å². The molecule has 0 saturated carbocycles. The Bertz CT molecular complexity index is 1390. The van der Waals surface area contributed by atoms with Gasteiger partial charge < -0.3 is 24.8 Å². The summed E-state index contributed by atoms with van der Waals surface area (Å²) in [6, 6.07) is 8.86. The van der Waals surface area contributed by atoms with Gasteiger partial charge in [0.15, 0.2) is 0 Å². The van der Waals surface area contributed by atoms with Crippen molar-refractivity contribution in [3.05, 3.63) is 58.2 Å². The molecule has 1 fully saturated rings. The number of hydrogen-bond donors (Lipinski definition) is 3. The van der Waals surface area contributed by atoms with Crippen molar-refractivity contribution in [3.8, 4) is 23.3 Å². The zero-order valence-corrected chi connectivity index (χ0v) is 19.1. The molecule has 170 valence electrons. The van der Waals surface area contributed by atoms with Crippen molar-refractivity contribution < 1.29 is 24.8 Å². The van der Waals surface area contributed by atoms with E-state index in [4.69, 9.17) is 21.1 Å². The highest BCUT2D eigenvalue weighted by atomic mass is 35.5. The zero-order chi connectivity index (χ0) is 23.0. The molecule has 1 saturated heterocycles. The monoisotopic (exact) mass is 485 g/mol. The van der Waals surface area contributed by atoms with Gasteiger partial charge in [0.1, 0.15) is 11.2 Å². The van der Waals surface area contributed by atoms with Gasteiger partial charge in [-0.25, -0.2) is 9.97 Å². The first-order chi connectivity index (χ1) is 15.8. The third-order valence-corrected chi connectivity index (χ3v) is 7.68. The Labute approximate surface area is 197 Å². The number of aromatic hydroxyl groups is 2. The summed E-state index contributed by atoms with van der Waals surface area (Å²) in [6.45, 7) is 1.97. The average molecular weight is 486 g/mol. The van der Waals surface area contributed by atoms with E-state index >= 15 is 0 Å². The average Bonchev–Trinajstić information content (AvgIpc) is 3.48. The Balaban J connectivity index is 1.39. The number of hydrogen-bond acceptors (Lipinski definition) is 8. The lowest BCUT2D eigenvalue weighted by Gasteiger charge is -2.26. The second kappa shape index (κ2) is 7.07. The maximum absolute atomic E-state index is 11.3. The lowest BCUT2D eigenvalue weighted by atomic mass is 9.76. The number of fused-ring (bicyclic) bond motifs is 6. The van der Waals surface area contributed by atoms with E-state index in [9.17, 15) is 15.3 Å². The molecule has 6 rings (SSSR count). The molecule has 3 aromatic heterocycles. The number of aliphatic hydroxyl groups is 1. The van der Waals surface area contributed by atoms with Crippen molar-refractivity contribution in [1.29, 1.82) is 0 Å². The van der Waals surface area contributed by atoms with Crippen LogP contribution in [0.5, 0.6) is 17.6 Å². The standard InChI is InChI=1S/C23H20ClN3O5S/c1-22-16(28)9-23(32-22,6-7-31-17-5-2-12(24)10-25-17)19-18(22)20(29)27(21(19)30)13-3-4-14-15(8-13)33-11-26-14/h2-5,8,10-11,16,28-30H,6-7,9H2,1H3/t16-,22-,23+/m1/s1. The van der Waals surface area contributed by atoms with Gasteiger partial charge in [-0.1, -0.05) is 11.6 Å². The van der Waals surface area contributed by atoms with Crippen LogP contribution in [0.15, 0.2) is 42.0 Å². The van der Waals surface area contributed by atoms with Gasteiger partial charge in [0.2, 0.25) is 17.6 Å². The number of aliphatic hydroxyl groups excluding tert-OH is 1. The van der Waals surface area contributed by atoms with E-state index in [1.807, 2.05) is 12.1 Å². The summed E-state index contributed by atoms with van der Waals surface area (Å²) in [7, 11) is 0. The topological polar surface area (TPSA) is 110 Å². The van der Waals surface area contributed by atoms with Crippen LogP contribution in [-0.4, -0.2) is 42.6 Å². The van der Waals surface area contributed by atoms with Crippen molar-refractivity contribution in [2.75, 3.05) is 6.61 Å². The summed E-state index contributed by atoms with van der Waals surface area (Å²) in [6.07, 6.45) is 1.28. The van der Waals surface area contributed by atoms with E-state index in [0.29, 0.717) is 34.1 Å². The molecule has 2 aliphatic heterocycles. The van der Waals surface area contributed by atoms with Crippen LogP contribution < -0.4 is 4.74 Å². The van der Waals surface area contributed by atoms with Crippen LogP contribution in [0.25, 0.3) is 15.9 Å². The van der Waals surface area contributed by atoms with Crippen molar-refractivity contribution in [2.24, 2.45) is 0 Å². The Morgan fingerprint density at radius 1 is 1.21 bits per heavy atom. The lowest BCUT2D eigenvalue weighted by molar-refractivity contribution is -0.107. The minimum absolute atomic E-state index is 0.105. The van der Waals surface area contributed by atoms with Crippen LogP contribution in [0.2, 0.25) is 5.02 Å². The van der Waals surface area contributed by atoms with E-state index in [1.165, 1.54) is 22.1 Å². The van der Waals surface area contributed by atoms with E-state index < -0.39 is 17.3 Å². The van der Waals surface area contributed by atoms with Crippen LogP contribution in [0.3, 0.4) is 0 Å². The highest BCUT2D eigenvalue weighted by Crippen LogP contribution is 2.65. The molecule has 3 atom stereocenters. The molecule has 0 amide bonds. The molecular formula is C23H20ClN3O5S. The van der Waals surface area contributed by atoms with Gasteiger partial charge in [-0.15, -0.1) is 11.3 Å². The van der Waals surface area contributed by atoms with Crippen LogP contribution in [0, 0.1) is 0 Å². The van der Waals surface area contributed by atoms with Crippen LogP contribution in [-0.2, 0) is 15.9 Å². The van der Waals surface area contributed by atoms with E-state index in [1.54, 1.807) is 30.6 Å². The molecule has 1 aromatic carbocycles. The summed E-state index contributed by atoms with van der Waals surface area (Å²) in [4.78, 5) is 8.41. The number of aromatic nitrogens is 3. The maximum Gasteiger partial charge on any atom is 0.213 e. The summed E-state index contributed by atoms with van der Waals surface area (Å²) in [5, 5.41) is 33.9. The number of rotatable bonds is 5. The van der Waals surface area contributed by atoms with E-state index in [-0.39, 0.29) is 24.8 Å². The van der Waals surface area contributed by atoms with Crippen molar-refractivity contribution in [2.45, 2.75) is 37.1 Å². The first-order valence-corrected chi connectivity index (χ1v) is 11.7.